The van der Waals surface area contributed by atoms with E-state index in [9.17, 15) is 14.8 Å². The van der Waals surface area contributed by atoms with Crippen molar-refractivity contribution in [3.63, 3.8) is 0 Å². The van der Waals surface area contributed by atoms with Gasteiger partial charge in [-0.2, -0.15) is 0 Å². The maximum absolute atomic E-state index is 12.4. The lowest BCUT2D eigenvalue weighted by Gasteiger charge is -2.21. The highest BCUT2D eigenvalue weighted by atomic mass is 16.5. The predicted octanol–water partition coefficient (Wildman–Crippen LogP) is 1.61. The Labute approximate surface area is 159 Å². The fourth-order valence-electron chi connectivity index (χ4n) is 3.41. The summed E-state index contributed by atoms with van der Waals surface area (Å²) < 4.78 is 10.9. The first-order chi connectivity index (χ1) is 13.0. The summed E-state index contributed by atoms with van der Waals surface area (Å²) in [5.41, 5.74) is 2.93. The first kappa shape index (κ1) is 19.3. The number of hydrogen-bond donors (Lipinski definition) is 3. The molecular weight excluding hydrogens is 345 g/mol. The van der Waals surface area contributed by atoms with Crippen LogP contribution >= 0.6 is 0 Å². The second kappa shape index (κ2) is 8.46. The highest BCUT2D eigenvalue weighted by molar-refractivity contribution is 6.43. The molecule has 2 atom stereocenters. The number of rotatable bonds is 7. The van der Waals surface area contributed by atoms with Gasteiger partial charge in [0, 0.05) is 11.5 Å². The molecule has 6 nitrogen and oxygen atoms in total. The van der Waals surface area contributed by atoms with Crippen LogP contribution in [-0.4, -0.2) is 42.7 Å². The third-order valence-electron chi connectivity index (χ3n) is 4.88. The van der Waals surface area contributed by atoms with E-state index in [0.29, 0.717) is 13.0 Å². The molecule has 0 radical (unpaired) electrons. The standard InChI is InChI=1S/C20H24BNO5/c1-13-4-3-5-17-15(12-27-20(13)17)11-18(21(24)25)22-19(23)10-14-6-8-16(26-2)9-7-14/h3-9,15,18,24-25H,10-12H2,1-2H3,(H,22,23)/t15-,18+/m1/s1. The van der Waals surface area contributed by atoms with Gasteiger partial charge in [-0.3, -0.25) is 4.79 Å². The van der Waals surface area contributed by atoms with E-state index >= 15 is 0 Å². The Balaban J connectivity index is 1.63. The Morgan fingerprint density at radius 2 is 2.04 bits per heavy atom. The van der Waals surface area contributed by atoms with Crippen molar-refractivity contribution in [2.24, 2.45) is 0 Å². The molecule has 0 aliphatic carbocycles. The van der Waals surface area contributed by atoms with Gasteiger partial charge >= 0.3 is 7.12 Å². The maximum atomic E-state index is 12.4. The Bertz CT molecular complexity index is 793. The number of amides is 1. The normalized spacial score (nSPS) is 16.2. The van der Waals surface area contributed by atoms with Gasteiger partial charge < -0.3 is 24.8 Å². The van der Waals surface area contributed by atoms with Crippen molar-refractivity contribution in [1.82, 2.24) is 5.32 Å². The van der Waals surface area contributed by atoms with Crippen LogP contribution in [0.3, 0.4) is 0 Å². The van der Waals surface area contributed by atoms with Crippen LogP contribution in [0.5, 0.6) is 11.5 Å². The molecule has 3 rings (SSSR count). The van der Waals surface area contributed by atoms with Crippen LogP contribution in [0.4, 0.5) is 0 Å². The summed E-state index contributed by atoms with van der Waals surface area (Å²) in [6, 6.07) is 13.1. The minimum absolute atomic E-state index is 0.00739. The van der Waals surface area contributed by atoms with E-state index in [1.54, 1.807) is 19.2 Å². The van der Waals surface area contributed by atoms with E-state index in [-0.39, 0.29) is 18.2 Å². The number of nitrogens with one attached hydrogen (secondary N) is 1. The molecule has 1 aliphatic heterocycles. The topological polar surface area (TPSA) is 88.0 Å². The van der Waals surface area contributed by atoms with Crippen molar-refractivity contribution in [1.29, 1.82) is 0 Å². The van der Waals surface area contributed by atoms with Crippen molar-refractivity contribution in [3.05, 3.63) is 59.2 Å². The Kier molecular flexibility index (Phi) is 6.03. The number of aryl methyl sites for hydroxylation is 1. The van der Waals surface area contributed by atoms with Gasteiger partial charge in [-0.1, -0.05) is 30.3 Å². The van der Waals surface area contributed by atoms with Crippen LogP contribution < -0.4 is 14.8 Å². The summed E-state index contributed by atoms with van der Waals surface area (Å²) in [6.45, 7) is 2.45. The summed E-state index contributed by atoms with van der Waals surface area (Å²) in [7, 11) is -0.0555. The third kappa shape index (κ3) is 4.62. The van der Waals surface area contributed by atoms with E-state index in [1.807, 2.05) is 37.3 Å². The first-order valence-electron chi connectivity index (χ1n) is 8.98. The molecule has 0 aromatic heterocycles. The van der Waals surface area contributed by atoms with Crippen LogP contribution in [0, 0.1) is 6.92 Å². The number of hydrogen-bond acceptors (Lipinski definition) is 5. The first-order valence-corrected chi connectivity index (χ1v) is 8.98. The molecule has 3 N–H and O–H groups in total. The van der Waals surface area contributed by atoms with E-state index in [4.69, 9.17) is 9.47 Å². The van der Waals surface area contributed by atoms with Crippen LogP contribution in [-0.2, 0) is 11.2 Å². The number of carbonyl (C=O) groups is 1. The Hall–Kier alpha value is -2.51. The molecule has 1 heterocycles. The van der Waals surface area contributed by atoms with E-state index in [0.717, 1.165) is 28.2 Å². The van der Waals surface area contributed by atoms with Crippen molar-refractivity contribution in [2.75, 3.05) is 13.7 Å². The van der Waals surface area contributed by atoms with Gasteiger partial charge in [-0.15, -0.1) is 0 Å². The number of fused-ring (bicyclic) bond motifs is 1. The zero-order valence-corrected chi connectivity index (χ0v) is 15.5. The monoisotopic (exact) mass is 369 g/mol. The van der Waals surface area contributed by atoms with Gasteiger partial charge in [0.1, 0.15) is 11.5 Å². The summed E-state index contributed by atoms with van der Waals surface area (Å²) in [4.78, 5) is 12.4. The lowest BCUT2D eigenvalue weighted by Crippen LogP contribution is -2.47. The molecule has 2 aromatic carbocycles. The smallest absolute Gasteiger partial charge is 0.475 e. The predicted molar refractivity (Wildman–Crippen MR) is 103 cm³/mol. The molecule has 0 unspecified atom stereocenters. The molecule has 0 saturated carbocycles. The van der Waals surface area contributed by atoms with Gasteiger partial charge in [-0.25, -0.2) is 0 Å². The number of para-hydroxylation sites is 1. The summed E-state index contributed by atoms with van der Waals surface area (Å²) in [5, 5.41) is 22.2. The lowest BCUT2D eigenvalue weighted by molar-refractivity contribution is -0.120. The largest absolute Gasteiger partial charge is 0.497 e. The highest BCUT2D eigenvalue weighted by Gasteiger charge is 2.33. The fraction of sp³-hybridized carbons (Fsp3) is 0.350. The van der Waals surface area contributed by atoms with Crippen molar-refractivity contribution in [2.45, 2.75) is 31.6 Å². The molecule has 1 aliphatic rings. The van der Waals surface area contributed by atoms with Crippen LogP contribution in [0.15, 0.2) is 42.5 Å². The van der Waals surface area contributed by atoms with E-state index < -0.39 is 13.1 Å². The Morgan fingerprint density at radius 3 is 2.70 bits per heavy atom. The second-order valence-electron chi connectivity index (χ2n) is 6.85. The minimum Gasteiger partial charge on any atom is -0.497 e. The molecular formula is C20H24BNO5. The van der Waals surface area contributed by atoms with Crippen LogP contribution in [0.2, 0.25) is 0 Å². The summed E-state index contributed by atoms with van der Waals surface area (Å²) in [6.07, 6.45) is 0.548. The zero-order valence-electron chi connectivity index (χ0n) is 15.5. The van der Waals surface area contributed by atoms with Gasteiger partial charge in [0.2, 0.25) is 5.91 Å². The van der Waals surface area contributed by atoms with Crippen LogP contribution in [0.25, 0.3) is 0 Å². The maximum Gasteiger partial charge on any atom is 0.475 e. The SMILES string of the molecule is COc1ccc(CC(=O)N[C@@H](C[C@@H]2COc3c(C)cccc32)B(O)O)cc1. The third-order valence-corrected chi connectivity index (χ3v) is 4.88. The molecule has 0 bridgehead atoms. The molecule has 27 heavy (non-hydrogen) atoms. The molecule has 0 saturated heterocycles. The number of benzene rings is 2. The molecule has 0 spiro atoms. The molecule has 7 heteroatoms. The van der Waals surface area contributed by atoms with E-state index in [1.165, 1.54) is 0 Å². The molecule has 0 fully saturated rings. The number of ether oxygens (including phenoxy) is 2. The average molecular weight is 369 g/mol. The van der Waals surface area contributed by atoms with Crippen molar-refractivity contribution < 1.29 is 24.3 Å². The quantitative estimate of drug-likeness (QED) is 0.646. The van der Waals surface area contributed by atoms with Gasteiger partial charge in [0.15, 0.2) is 0 Å². The van der Waals surface area contributed by atoms with Crippen molar-refractivity contribution >= 4 is 13.0 Å². The number of carbonyl (C=O) groups excluding carboxylic acids is 1. The molecule has 142 valence electrons. The second-order valence-corrected chi connectivity index (χ2v) is 6.85. The lowest BCUT2D eigenvalue weighted by atomic mass is 9.73. The van der Waals surface area contributed by atoms with Gasteiger partial charge in [0.25, 0.3) is 0 Å². The van der Waals surface area contributed by atoms with Crippen molar-refractivity contribution in [3.8, 4) is 11.5 Å². The summed E-state index contributed by atoms with van der Waals surface area (Å²) in [5.74, 6) is 0.557. The van der Waals surface area contributed by atoms with Gasteiger partial charge in [-0.05, 0) is 36.6 Å². The van der Waals surface area contributed by atoms with E-state index in [2.05, 4.69) is 5.32 Å². The highest BCUT2D eigenvalue weighted by Crippen LogP contribution is 2.38. The Morgan fingerprint density at radius 1 is 1.30 bits per heavy atom. The minimum atomic E-state index is -1.64. The van der Waals surface area contributed by atoms with Gasteiger partial charge in [0.05, 0.1) is 26.1 Å². The van der Waals surface area contributed by atoms with Crippen LogP contribution in [0.1, 0.15) is 29.0 Å². The zero-order chi connectivity index (χ0) is 19.4. The molecule has 2 aromatic rings. The number of methoxy groups -OCH3 is 1. The summed E-state index contributed by atoms with van der Waals surface area (Å²) >= 11 is 0. The average Bonchev–Trinajstić information content (AvgIpc) is 3.06. The fourth-order valence-corrected chi connectivity index (χ4v) is 3.41. The molecule has 1 amide bonds.